The Hall–Kier alpha value is -2.40. The van der Waals surface area contributed by atoms with Crippen LogP contribution in [-0.4, -0.2) is 17.7 Å². The van der Waals surface area contributed by atoms with E-state index in [4.69, 9.17) is 0 Å². The van der Waals surface area contributed by atoms with E-state index in [2.05, 4.69) is 10.6 Å². The molecule has 116 valence electrons. The number of benzene rings is 2. The first kappa shape index (κ1) is 16.0. The number of amides is 2. The zero-order valence-electron chi connectivity index (χ0n) is 12.6. The molecule has 0 aliphatic rings. The molecule has 1 atom stereocenters. The Labute approximate surface area is 129 Å². The highest BCUT2D eigenvalue weighted by Crippen LogP contribution is 2.16. The van der Waals surface area contributed by atoms with E-state index in [-0.39, 0.29) is 6.54 Å². The third-order valence-corrected chi connectivity index (χ3v) is 3.30. The molecule has 2 aromatic rings. The maximum Gasteiger partial charge on any atom is 0.319 e. The lowest BCUT2D eigenvalue weighted by atomic mass is 10.0. The van der Waals surface area contributed by atoms with Gasteiger partial charge in [-0.2, -0.15) is 0 Å². The van der Waals surface area contributed by atoms with Crippen molar-refractivity contribution in [3.63, 3.8) is 0 Å². The molecule has 3 N–H and O–H groups in total. The lowest BCUT2D eigenvalue weighted by molar-refractivity contribution is 0.174. The van der Waals surface area contributed by atoms with E-state index >= 15 is 0 Å². The molecule has 0 aliphatic carbocycles. The Morgan fingerprint density at radius 2 is 1.95 bits per heavy atom. The molecule has 0 saturated carbocycles. The molecule has 0 saturated heterocycles. The number of aliphatic hydroxyl groups excluding tert-OH is 1. The number of aliphatic hydroxyl groups is 1. The van der Waals surface area contributed by atoms with Gasteiger partial charge in [-0.05, 0) is 48.7 Å². The van der Waals surface area contributed by atoms with Gasteiger partial charge in [0.05, 0.1) is 6.10 Å². The molecule has 0 bridgehead atoms. The lowest BCUT2D eigenvalue weighted by Crippen LogP contribution is -2.32. The number of halogens is 1. The van der Waals surface area contributed by atoms with Crippen LogP contribution in [0, 0.1) is 19.7 Å². The molecule has 4 nitrogen and oxygen atoms in total. The summed E-state index contributed by atoms with van der Waals surface area (Å²) in [6, 6.07) is 11.2. The summed E-state index contributed by atoms with van der Waals surface area (Å²) in [5.41, 5.74) is 2.82. The zero-order valence-corrected chi connectivity index (χ0v) is 12.6. The number of nitrogens with one attached hydrogen (secondary N) is 2. The van der Waals surface area contributed by atoms with E-state index < -0.39 is 18.0 Å². The van der Waals surface area contributed by atoms with Gasteiger partial charge in [0.2, 0.25) is 0 Å². The number of rotatable bonds is 4. The summed E-state index contributed by atoms with van der Waals surface area (Å²) in [6.45, 7) is 3.72. The average molecular weight is 302 g/mol. The minimum absolute atomic E-state index is 0.0744. The Bertz CT molecular complexity index is 653. The van der Waals surface area contributed by atoms with Gasteiger partial charge in [-0.25, -0.2) is 9.18 Å². The molecular weight excluding hydrogens is 283 g/mol. The van der Waals surface area contributed by atoms with Gasteiger partial charge in [0.1, 0.15) is 5.82 Å². The monoisotopic (exact) mass is 302 g/mol. The normalized spacial score (nSPS) is 11.8. The van der Waals surface area contributed by atoms with Crippen molar-refractivity contribution < 1.29 is 14.3 Å². The fourth-order valence-electron chi connectivity index (χ4n) is 2.24. The SMILES string of the molecule is Cc1cc(F)cc(NC(=O)NCC(O)c2ccccc2C)c1. The van der Waals surface area contributed by atoms with Crippen molar-refractivity contribution in [3.05, 3.63) is 65.0 Å². The van der Waals surface area contributed by atoms with E-state index in [1.807, 2.05) is 31.2 Å². The number of hydrogen-bond donors (Lipinski definition) is 3. The predicted octanol–water partition coefficient (Wildman–Crippen LogP) is 3.30. The number of carbonyl (C=O) groups excluding carboxylic acids is 1. The molecule has 0 aliphatic heterocycles. The first-order valence-electron chi connectivity index (χ1n) is 7.01. The topological polar surface area (TPSA) is 61.4 Å². The summed E-state index contributed by atoms with van der Waals surface area (Å²) in [7, 11) is 0. The molecular formula is C17H19FN2O2. The van der Waals surface area contributed by atoms with Crippen LogP contribution in [0.4, 0.5) is 14.9 Å². The average Bonchev–Trinajstić information content (AvgIpc) is 2.44. The molecule has 0 fully saturated rings. The van der Waals surface area contributed by atoms with Gasteiger partial charge in [-0.1, -0.05) is 24.3 Å². The third-order valence-electron chi connectivity index (χ3n) is 3.30. The van der Waals surface area contributed by atoms with E-state index in [9.17, 15) is 14.3 Å². The van der Waals surface area contributed by atoms with Crippen LogP contribution in [0.5, 0.6) is 0 Å². The molecule has 0 heterocycles. The van der Waals surface area contributed by atoms with Crippen LogP contribution in [0.1, 0.15) is 22.8 Å². The Morgan fingerprint density at radius 3 is 2.64 bits per heavy atom. The van der Waals surface area contributed by atoms with Crippen molar-refractivity contribution in [1.82, 2.24) is 5.32 Å². The first-order chi connectivity index (χ1) is 10.5. The summed E-state index contributed by atoms with van der Waals surface area (Å²) < 4.78 is 13.2. The van der Waals surface area contributed by atoms with Gasteiger partial charge in [-0.3, -0.25) is 0 Å². The summed E-state index contributed by atoms with van der Waals surface area (Å²) in [5, 5.41) is 15.2. The zero-order chi connectivity index (χ0) is 16.1. The summed E-state index contributed by atoms with van der Waals surface area (Å²) in [4.78, 5) is 11.8. The molecule has 22 heavy (non-hydrogen) atoms. The number of carbonyl (C=O) groups is 1. The number of anilines is 1. The standard InChI is InChI=1S/C17H19FN2O2/c1-11-7-13(18)9-14(8-11)20-17(22)19-10-16(21)15-6-4-3-5-12(15)2/h3-9,16,21H,10H2,1-2H3,(H2,19,20,22). The van der Waals surface area contributed by atoms with Gasteiger partial charge in [-0.15, -0.1) is 0 Å². The first-order valence-corrected chi connectivity index (χ1v) is 7.01. The lowest BCUT2D eigenvalue weighted by Gasteiger charge is -2.15. The largest absolute Gasteiger partial charge is 0.387 e. The minimum atomic E-state index is -0.791. The fourth-order valence-corrected chi connectivity index (χ4v) is 2.24. The van der Waals surface area contributed by atoms with E-state index in [0.717, 1.165) is 16.7 Å². The summed E-state index contributed by atoms with van der Waals surface area (Å²) in [6.07, 6.45) is -0.791. The number of urea groups is 1. The second-order valence-electron chi connectivity index (χ2n) is 5.22. The van der Waals surface area contributed by atoms with Gasteiger partial charge < -0.3 is 15.7 Å². The molecule has 2 aromatic carbocycles. The van der Waals surface area contributed by atoms with Gasteiger partial charge in [0.25, 0.3) is 0 Å². The maximum atomic E-state index is 13.2. The van der Waals surface area contributed by atoms with Crippen LogP contribution in [-0.2, 0) is 0 Å². The number of aryl methyl sites for hydroxylation is 2. The maximum absolute atomic E-state index is 13.2. The van der Waals surface area contributed by atoms with Gasteiger partial charge in [0.15, 0.2) is 0 Å². The molecule has 0 aromatic heterocycles. The van der Waals surface area contributed by atoms with Gasteiger partial charge >= 0.3 is 6.03 Å². The summed E-state index contributed by atoms with van der Waals surface area (Å²) in [5.74, 6) is -0.407. The molecule has 0 radical (unpaired) electrons. The molecule has 2 amide bonds. The van der Waals surface area contributed by atoms with Crippen molar-refractivity contribution in [1.29, 1.82) is 0 Å². The Kier molecular flexibility index (Phi) is 5.12. The van der Waals surface area contributed by atoms with Crippen LogP contribution < -0.4 is 10.6 Å². The van der Waals surface area contributed by atoms with E-state index in [1.165, 1.54) is 12.1 Å². The quantitative estimate of drug-likeness (QED) is 0.811. The van der Waals surface area contributed by atoms with Crippen molar-refractivity contribution in [2.75, 3.05) is 11.9 Å². The predicted molar refractivity (Wildman–Crippen MR) is 84.3 cm³/mol. The Morgan fingerprint density at radius 1 is 1.23 bits per heavy atom. The van der Waals surface area contributed by atoms with Crippen molar-refractivity contribution >= 4 is 11.7 Å². The van der Waals surface area contributed by atoms with Crippen molar-refractivity contribution in [2.24, 2.45) is 0 Å². The third kappa shape index (κ3) is 4.30. The molecule has 5 heteroatoms. The van der Waals surface area contributed by atoms with Crippen LogP contribution in [0.25, 0.3) is 0 Å². The second-order valence-corrected chi connectivity index (χ2v) is 5.22. The highest BCUT2D eigenvalue weighted by atomic mass is 19.1. The highest BCUT2D eigenvalue weighted by Gasteiger charge is 2.11. The van der Waals surface area contributed by atoms with Crippen LogP contribution >= 0.6 is 0 Å². The van der Waals surface area contributed by atoms with E-state index in [0.29, 0.717) is 5.69 Å². The molecule has 0 spiro atoms. The highest BCUT2D eigenvalue weighted by molar-refractivity contribution is 5.89. The minimum Gasteiger partial charge on any atom is -0.387 e. The van der Waals surface area contributed by atoms with E-state index in [1.54, 1.807) is 13.0 Å². The second kappa shape index (κ2) is 7.04. The van der Waals surface area contributed by atoms with Crippen LogP contribution in [0.2, 0.25) is 0 Å². The summed E-state index contributed by atoms with van der Waals surface area (Å²) >= 11 is 0. The molecule has 2 rings (SSSR count). The van der Waals surface area contributed by atoms with Crippen LogP contribution in [0.15, 0.2) is 42.5 Å². The van der Waals surface area contributed by atoms with Gasteiger partial charge in [0, 0.05) is 12.2 Å². The van der Waals surface area contributed by atoms with Crippen LogP contribution in [0.3, 0.4) is 0 Å². The molecule has 1 unspecified atom stereocenters. The van der Waals surface area contributed by atoms with Crippen molar-refractivity contribution in [2.45, 2.75) is 20.0 Å². The smallest absolute Gasteiger partial charge is 0.319 e. The fraction of sp³-hybridized carbons (Fsp3) is 0.235. The Balaban J connectivity index is 1.91. The van der Waals surface area contributed by atoms with Crippen molar-refractivity contribution in [3.8, 4) is 0 Å². The number of hydrogen-bond acceptors (Lipinski definition) is 2.